The van der Waals surface area contributed by atoms with Gasteiger partial charge in [0.2, 0.25) is 0 Å². The van der Waals surface area contributed by atoms with Crippen molar-refractivity contribution in [3.05, 3.63) is 65.2 Å². The molecular weight excluding hydrogens is 260 g/mol. The summed E-state index contributed by atoms with van der Waals surface area (Å²) in [7, 11) is 1.59. The molecule has 0 saturated carbocycles. The average molecular weight is 280 g/mol. The minimum absolute atomic E-state index is 0.327. The molecule has 2 rings (SSSR count). The molecule has 0 radical (unpaired) electrons. The second kappa shape index (κ2) is 7.47. The molecule has 2 aromatic rings. The Morgan fingerprint density at radius 2 is 1.95 bits per heavy atom. The Bertz CT molecular complexity index is 617. The molecule has 0 aromatic heterocycles. The van der Waals surface area contributed by atoms with Crippen molar-refractivity contribution in [3.63, 3.8) is 0 Å². The Morgan fingerprint density at radius 1 is 1.19 bits per heavy atom. The Morgan fingerprint density at radius 3 is 2.57 bits per heavy atom. The normalized spacial score (nSPS) is 11.7. The number of methoxy groups -OCH3 is 1. The van der Waals surface area contributed by atoms with Crippen molar-refractivity contribution in [1.82, 2.24) is 5.32 Å². The average Bonchev–Trinajstić information content (AvgIpc) is 2.56. The number of rotatable bonds is 6. The van der Waals surface area contributed by atoms with Gasteiger partial charge in [0.05, 0.1) is 12.7 Å². The zero-order valence-corrected chi connectivity index (χ0v) is 12.5. The first-order chi connectivity index (χ1) is 10.3. The van der Waals surface area contributed by atoms with Gasteiger partial charge in [0.15, 0.2) is 0 Å². The standard InChI is InChI=1S/C18H20N2O/c1-3-17(15-7-5-4-6-8-15)20-13-14-9-10-16(12-19)18(11-14)21-2/h4-11,17,20H,3,13H2,1-2H3. The second-order valence-electron chi connectivity index (χ2n) is 4.90. The summed E-state index contributed by atoms with van der Waals surface area (Å²) in [6, 6.07) is 18.6. The first-order valence-corrected chi connectivity index (χ1v) is 7.13. The number of nitrogens with zero attached hydrogens (tertiary/aromatic N) is 1. The van der Waals surface area contributed by atoms with Gasteiger partial charge < -0.3 is 10.1 Å². The summed E-state index contributed by atoms with van der Waals surface area (Å²) in [4.78, 5) is 0. The van der Waals surface area contributed by atoms with E-state index in [2.05, 4.69) is 42.6 Å². The molecule has 3 heteroatoms. The van der Waals surface area contributed by atoms with E-state index >= 15 is 0 Å². The highest BCUT2D eigenvalue weighted by Crippen LogP contribution is 2.21. The highest BCUT2D eigenvalue weighted by Gasteiger charge is 2.09. The van der Waals surface area contributed by atoms with Crippen molar-refractivity contribution in [3.8, 4) is 11.8 Å². The fourth-order valence-corrected chi connectivity index (χ4v) is 2.36. The van der Waals surface area contributed by atoms with Gasteiger partial charge in [-0.15, -0.1) is 0 Å². The Labute approximate surface area is 126 Å². The van der Waals surface area contributed by atoms with Gasteiger partial charge in [-0.2, -0.15) is 5.26 Å². The molecule has 0 aliphatic heterocycles. The molecule has 0 amide bonds. The minimum Gasteiger partial charge on any atom is -0.495 e. The largest absolute Gasteiger partial charge is 0.495 e. The molecule has 0 fully saturated rings. The van der Waals surface area contributed by atoms with Crippen LogP contribution in [0.4, 0.5) is 0 Å². The maximum atomic E-state index is 9.00. The van der Waals surface area contributed by atoms with Crippen LogP contribution in [0.2, 0.25) is 0 Å². The lowest BCUT2D eigenvalue weighted by molar-refractivity contribution is 0.412. The van der Waals surface area contributed by atoms with Gasteiger partial charge >= 0.3 is 0 Å². The Hall–Kier alpha value is -2.31. The van der Waals surface area contributed by atoms with Crippen molar-refractivity contribution in [2.24, 2.45) is 0 Å². The third-order valence-corrected chi connectivity index (χ3v) is 3.55. The Kier molecular flexibility index (Phi) is 5.36. The quantitative estimate of drug-likeness (QED) is 0.875. The van der Waals surface area contributed by atoms with Crippen LogP contribution in [0.3, 0.4) is 0 Å². The van der Waals surface area contributed by atoms with Crippen LogP contribution in [-0.2, 0) is 6.54 Å². The number of hydrogen-bond donors (Lipinski definition) is 1. The number of nitriles is 1. The molecule has 2 aromatic carbocycles. The number of benzene rings is 2. The van der Waals surface area contributed by atoms with E-state index < -0.39 is 0 Å². The van der Waals surface area contributed by atoms with E-state index in [9.17, 15) is 0 Å². The third kappa shape index (κ3) is 3.84. The molecule has 1 N–H and O–H groups in total. The van der Waals surface area contributed by atoms with Gasteiger partial charge in [-0.3, -0.25) is 0 Å². The van der Waals surface area contributed by atoms with Gasteiger partial charge in [0, 0.05) is 12.6 Å². The summed E-state index contributed by atoms with van der Waals surface area (Å²) < 4.78 is 5.24. The lowest BCUT2D eigenvalue weighted by atomic mass is 10.0. The summed E-state index contributed by atoms with van der Waals surface area (Å²) >= 11 is 0. The van der Waals surface area contributed by atoms with Crippen LogP contribution in [0.15, 0.2) is 48.5 Å². The molecular formula is C18H20N2O. The molecule has 21 heavy (non-hydrogen) atoms. The summed E-state index contributed by atoms with van der Waals surface area (Å²) in [6.45, 7) is 2.92. The molecule has 3 nitrogen and oxygen atoms in total. The van der Waals surface area contributed by atoms with E-state index in [1.807, 2.05) is 18.2 Å². The van der Waals surface area contributed by atoms with Crippen molar-refractivity contribution in [2.45, 2.75) is 25.9 Å². The monoisotopic (exact) mass is 280 g/mol. The lowest BCUT2D eigenvalue weighted by Crippen LogP contribution is -2.20. The topological polar surface area (TPSA) is 45.0 Å². The smallest absolute Gasteiger partial charge is 0.136 e. The van der Waals surface area contributed by atoms with Gasteiger partial charge in [0.25, 0.3) is 0 Å². The fourth-order valence-electron chi connectivity index (χ4n) is 2.36. The van der Waals surface area contributed by atoms with Crippen LogP contribution in [0.5, 0.6) is 5.75 Å². The Balaban J connectivity index is 2.07. The summed E-state index contributed by atoms with van der Waals surface area (Å²) in [5, 5.41) is 12.6. The molecule has 0 spiro atoms. The van der Waals surface area contributed by atoms with E-state index in [0.717, 1.165) is 18.5 Å². The van der Waals surface area contributed by atoms with Crippen molar-refractivity contribution < 1.29 is 4.74 Å². The van der Waals surface area contributed by atoms with Gasteiger partial charge in [-0.1, -0.05) is 43.3 Å². The van der Waals surface area contributed by atoms with Crippen LogP contribution in [0.1, 0.15) is 36.1 Å². The van der Waals surface area contributed by atoms with E-state index in [-0.39, 0.29) is 0 Å². The third-order valence-electron chi connectivity index (χ3n) is 3.55. The highest BCUT2D eigenvalue weighted by molar-refractivity contribution is 5.45. The van der Waals surface area contributed by atoms with Crippen LogP contribution >= 0.6 is 0 Å². The highest BCUT2D eigenvalue weighted by atomic mass is 16.5. The molecule has 1 atom stereocenters. The van der Waals surface area contributed by atoms with Crippen molar-refractivity contribution in [1.29, 1.82) is 5.26 Å². The molecule has 0 aliphatic rings. The van der Waals surface area contributed by atoms with E-state index in [1.165, 1.54) is 5.56 Å². The fraction of sp³-hybridized carbons (Fsp3) is 0.278. The molecule has 0 saturated heterocycles. The molecule has 0 bridgehead atoms. The lowest BCUT2D eigenvalue weighted by Gasteiger charge is -2.18. The molecule has 108 valence electrons. The van der Waals surface area contributed by atoms with Crippen molar-refractivity contribution in [2.75, 3.05) is 7.11 Å². The van der Waals surface area contributed by atoms with Crippen LogP contribution in [0, 0.1) is 11.3 Å². The van der Waals surface area contributed by atoms with Crippen molar-refractivity contribution >= 4 is 0 Å². The summed E-state index contributed by atoms with van der Waals surface area (Å²) in [5.41, 5.74) is 2.97. The number of ether oxygens (including phenoxy) is 1. The number of nitrogens with one attached hydrogen (secondary N) is 1. The number of hydrogen-bond acceptors (Lipinski definition) is 3. The molecule has 1 unspecified atom stereocenters. The predicted molar refractivity (Wildman–Crippen MR) is 84.0 cm³/mol. The minimum atomic E-state index is 0.327. The maximum Gasteiger partial charge on any atom is 0.136 e. The zero-order chi connectivity index (χ0) is 15.1. The van der Waals surface area contributed by atoms with Crippen LogP contribution in [-0.4, -0.2) is 7.11 Å². The van der Waals surface area contributed by atoms with E-state index in [4.69, 9.17) is 10.00 Å². The first kappa shape index (κ1) is 15.1. The molecule has 0 aliphatic carbocycles. The summed E-state index contributed by atoms with van der Waals surface area (Å²) in [5.74, 6) is 0.629. The first-order valence-electron chi connectivity index (χ1n) is 7.13. The molecule has 0 heterocycles. The van der Waals surface area contributed by atoms with Gasteiger partial charge in [-0.05, 0) is 29.7 Å². The maximum absolute atomic E-state index is 9.00. The summed E-state index contributed by atoms with van der Waals surface area (Å²) in [6.07, 6.45) is 1.03. The SMILES string of the molecule is CCC(NCc1ccc(C#N)c(OC)c1)c1ccccc1. The zero-order valence-electron chi connectivity index (χ0n) is 12.5. The second-order valence-corrected chi connectivity index (χ2v) is 4.90. The predicted octanol–water partition coefficient (Wildman–Crippen LogP) is 3.81. The van der Waals surface area contributed by atoms with Gasteiger partial charge in [-0.25, -0.2) is 0 Å². The van der Waals surface area contributed by atoms with Gasteiger partial charge in [0.1, 0.15) is 11.8 Å². The van der Waals surface area contributed by atoms with E-state index in [0.29, 0.717) is 17.4 Å². The van der Waals surface area contributed by atoms with Crippen LogP contribution < -0.4 is 10.1 Å². The van der Waals surface area contributed by atoms with Crippen LogP contribution in [0.25, 0.3) is 0 Å². The van der Waals surface area contributed by atoms with E-state index in [1.54, 1.807) is 13.2 Å².